The summed E-state index contributed by atoms with van der Waals surface area (Å²) >= 11 is 0. The zero-order valence-corrected chi connectivity index (χ0v) is 15.0. The van der Waals surface area contributed by atoms with E-state index in [1.165, 1.54) is 13.1 Å². The van der Waals surface area contributed by atoms with E-state index >= 15 is 0 Å². The Labute approximate surface area is 150 Å². The highest BCUT2D eigenvalue weighted by molar-refractivity contribution is 7.86. The predicted octanol–water partition coefficient (Wildman–Crippen LogP) is 1.38. The number of anilines is 1. The average molecular weight is 378 g/mol. The van der Waals surface area contributed by atoms with Crippen molar-refractivity contribution in [3.63, 3.8) is 0 Å². The molecule has 2 N–H and O–H groups in total. The largest absolute Gasteiger partial charge is 0.508 e. The van der Waals surface area contributed by atoms with Crippen molar-refractivity contribution in [1.82, 2.24) is 13.8 Å². The van der Waals surface area contributed by atoms with Gasteiger partial charge in [-0.25, -0.2) is 0 Å². The van der Waals surface area contributed by atoms with Crippen LogP contribution in [0.5, 0.6) is 0 Å². The SMILES string of the molecule is Cc1cc(NC(=O)C2=C(O)CN(Cc3ccccc3)S(=O)(=O)N2C)no1. The van der Waals surface area contributed by atoms with Gasteiger partial charge >= 0.3 is 10.2 Å². The van der Waals surface area contributed by atoms with Gasteiger partial charge in [0.15, 0.2) is 11.5 Å². The minimum absolute atomic E-state index is 0.0783. The minimum atomic E-state index is -3.97. The van der Waals surface area contributed by atoms with Crippen LogP contribution in [0.4, 0.5) is 5.82 Å². The fraction of sp³-hybridized carbons (Fsp3) is 0.250. The van der Waals surface area contributed by atoms with Crippen molar-refractivity contribution in [2.75, 3.05) is 18.9 Å². The summed E-state index contributed by atoms with van der Waals surface area (Å²) in [6.45, 7) is 1.43. The second-order valence-electron chi connectivity index (χ2n) is 5.80. The van der Waals surface area contributed by atoms with Gasteiger partial charge in [-0.05, 0) is 12.5 Å². The van der Waals surface area contributed by atoms with E-state index in [-0.39, 0.29) is 30.4 Å². The fourth-order valence-electron chi connectivity index (χ4n) is 2.59. The number of aliphatic hydroxyl groups is 1. The molecule has 0 fully saturated rings. The molecule has 2 heterocycles. The van der Waals surface area contributed by atoms with Crippen LogP contribution in [0.15, 0.2) is 52.4 Å². The predicted molar refractivity (Wildman–Crippen MR) is 93.1 cm³/mol. The zero-order valence-electron chi connectivity index (χ0n) is 14.2. The van der Waals surface area contributed by atoms with Crippen LogP contribution in [0.2, 0.25) is 0 Å². The molecule has 0 radical (unpaired) electrons. The van der Waals surface area contributed by atoms with Crippen LogP contribution in [0.25, 0.3) is 0 Å². The van der Waals surface area contributed by atoms with Crippen LogP contribution in [-0.4, -0.2) is 46.8 Å². The van der Waals surface area contributed by atoms with Crippen LogP contribution in [0.3, 0.4) is 0 Å². The molecule has 0 unspecified atom stereocenters. The van der Waals surface area contributed by atoms with Crippen LogP contribution < -0.4 is 5.32 Å². The number of likely N-dealkylation sites (N-methyl/N-ethyl adjacent to an activating group) is 1. The second kappa shape index (κ2) is 6.81. The Balaban J connectivity index is 1.85. The molecule has 9 nitrogen and oxygen atoms in total. The van der Waals surface area contributed by atoms with Crippen molar-refractivity contribution >= 4 is 21.9 Å². The highest BCUT2D eigenvalue weighted by Crippen LogP contribution is 2.25. The van der Waals surface area contributed by atoms with Crippen LogP contribution in [-0.2, 0) is 21.5 Å². The normalized spacial score (nSPS) is 17.4. The van der Waals surface area contributed by atoms with Gasteiger partial charge in [-0.3, -0.25) is 9.10 Å². The van der Waals surface area contributed by atoms with E-state index in [1.807, 2.05) is 6.07 Å². The maximum absolute atomic E-state index is 12.7. The van der Waals surface area contributed by atoms with Crippen molar-refractivity contribution in [3.8, 4) is 0 Å². The molecular formula is C16H18N4O5S. The van der Waals surface area contributed by atoms with Crippen LogP contribution in [0, 0.1) is 6.92 Å². The summed E-state index contributed by atoms with van der Waals surface area (Å²) in [7, 11) is -2.76. The number of hydrogen-bond acceptors (Lipinski definition) is 6. The quantitative estimate of drug-likeness (QED) is 0.830. The van der Waals surface area contributed by atoms with Crippen molar-refractivity contribution in [2.45, 2.75) is 13.5 Å². The first kappa shape index (κ1) is 18.0. The zero-order chi connectivity index (χ0) is 18.9. The van der Waals surface area contributed by atoms with Gasteiger partial charge in [-0.1, -0.05) is 35.5 Å². The first-order chi connectivity index (χ1) is 12.3. The molecule has 10 heteroatoms. The van der Waals surface area contributed by atoms with Gasteiger partial charge < -0.3 is 14.9 Å². The molecule has 3 rings (SSSR count). The number of aryl methyl sites for hydroxylation is 1. The van der Waals surface area contributed by atoms with E-state index in [1.54, 1.807) is 31.2 Å². The Morgan fingerprint density at radius 2 is 2.04 bits per heavy atom. The third-order valence-corrected chi connectivity index (χ3v) is 5.66. The molecule has 0 aliphatic carbocycles. The van der Waals surface area contributed by atoms with Crippen LogP contribution >= 0.6 is 0 Å². The molecule has 0 atom stereocenters. The number of benzene rings is 1. The average Bonchev–Trinajstić information content (AvgIpc) is 2.99. The highest BCUT2D eigenvalue weighted by atomic mass is 32.2. The van der Waals surface area contributed by atoms with Crippen molar-refractivity contribution < 1.29 is 22.8 Å². The van der Waals surface area contributed by atoms with Gasteiger partial charge in [0.05, 0.1) is 6.54 Å². The number of carbonyl (C=O) groups is 1. The molecule has 0 spiro atoms. The maximum Gasteiger partial charge on any atom is 0.304 e. The van der Waals surface area contributed by atoms with Crippen molar-refractivity contribution in [1.29, 1.82) is 0 Å². The third-order valence-electron chi connectivity index (χ3n) is 3.87. The molecule has 0 saturated heterocycles. The molecule has 26 heavy (non-hydrogen) atoms. The minimum Gasteiger partial charge on any atom is -0.508 e. The van der Waals surface area contributed by atoms with Crippen LogP contribution in [0.1, 0.15) is 11.3 Å². The van der Waals surface area contributed by atoms with Crippen molar-refractivity contribution in [3.05, 3.63) is 59.2 Å². The molecule has 1 amide bonds. The van der Waals surface area contributed by atoms with E-state index in [4.69, 9.17) is 4.52 Å². The third kappa shape index (κ3) is 3.41. The number of carbonyl (C=O) groups excluding carboxylic acids is 1. The summed E-state index contributed by atoms with van der Waals surface area (Å²) in [5.41, 5.74) is 0.415. The van der Waals surface area contributed by atoms with Gasteiger partial charge in [0.25, 0.3) is 5.91 Å². The lowest BCUT2D eigenvalue weighted by atomic mass is 10.2. The lowest BCUT2D eigenvalue weighted by molar-refractivity contribution is -0.114. The summed E-state index contributed by atoms with van der Waals surface area (Å²) in [6.07, 6.45) is 0. The van der Waals surface area contributed by atoms with Gasteiger partial charge in [-0.15, -0.1) is 0 Å². The molecule has 1 aliphatic heterocycles. The molecule has 1 aromatic carbocycles. The Morgan fingerprint density at radius 3 is 2.65 bits per heavy atom. The molecule has 138 valence electrons. The summed E-state index contributed by atoms with van der Waals surface area (Å²) < 4.78 is 32.2. The molecule has 0 bridgehead atoms. The maximum atomic E-state index is 12.7. The summed E-state index contributed by atoms with van der Waals surface area (Å²) in [5, 5.41) is 16.3. The molecule has 0 saturated carbocycles. The fourth-order valence-corrected chi connectivity index (χ4v) is 3.96. The smallest absolute Gasteiger partial charge is 0.304 e. The topological polar surface area (TPSA) is 116 Å². The Bertz CT molecular complexity index is 952. The summed E-state index contributed by atoms with van der Waals surface area (Å²) in [6, 6.07) is 10.5. The van der Waals surface area contributed by atoms with E-state index in [0.717, 1.165) is 14.2 Å². The lowest BCUT2D eigenvalue weighted by Gasteiger charge is -2.34. The standard InChI is InChI=1S/C16H18N4O5S/c1-11-8-14(18-25-11)17-16(22)15-13(21)10-20(26(23,24)19(15)2)9-12-6-4-3-5-7-12/h3-8,21H,9-10H2,1-2H3,(H,17,18,22). The molecule has 2 aromatic rings. The van der Waals surface area contributed by atoms with Crippen molar-refractivity contribution in [2.24, 2.45) is 0 Å². The van der Waals surface area contributed by atoms with E-state index < -0.39 is 16.1 Å². The lowest BCUT2D eigenvalue weighted by Crippen LogP contribution is -2.49. The Hall–Kier alpha value is -2.85. The number of hydrogen-bond donors (Lipinski definition) is 2. The monoisotopic (exact) mass is 378 g/mol. The Morgan fingerprint density at radius 1 is 1.35 bits per heavy atom. The molecule has 1 aromatic heterocycles. The number of aromatic nitrogens is 1. The number of amides is 1. The highest BCUT2D eigenvalue weighted by Gasteiger charge is 2.39. The van der Waals surface area contributed by atoms with Gasteiger partial charge in [-0.2, -0.15) is 12.7 Å². The van der Waals surface area contributed by atoms with E-state index in [2.05, 4.69) is 10.5 Å². The number of rotatable bonds is 4. The Kier molecular flexibility index (Phi) is 4.70. The van der Waals surface area contributed by atoms with Gasteiger partial charge in [0.1, 0.15) is 11.5 Å². The van der Waals surface area contributed by atoms with Gasteiger partial charge in [0.2, 0.25) is 0 Å². The first-order valence-electron chi connectivity index (χ1n) is 7.73. The van der Waals surface area contributed by atoms with E-state index in [0.29, 0.717) is 5.76 Å². The van der Waals surface area contributed by atoms with E-state index in [9.17, 15) is 18.3 Å². The van der Waals surface area contributed by atoms with Gasteiger partial charge in [0, 0.05) is 19.7 Å². The molecular weight excluding hydrogens is 360 g/mol. The number of nitrogens with one attached hydrogen (secondary N) is 1. The summed E-state index contributed by atoms with van der Waals surface area (Å²) in [4.78, 5) is 12.4. The molecule has 1 aliphatic rings. The number of nitrogens with zero attached hydrogens (tertiary/aromatic N) is 3. The summed E-state index contributed by atoms with van der Waals surface area (Å²) in [5.74, 6) is -0.528. The first-order valence-corrected chi connectivity index (χ1v) is 9.13. The second-order valence-corrected chi connectivity index (χ2v) is 7.76. The number of aliphatic hydroxyl groups excluding tert-OH is 1.